The van der Waals surface area contributed by atoms with Gasteiger partial charge in [-0.15, -0.1) is 0 Å². The Labute approximate surface area is 188 Å². The van der Waals surface area contributed by atoms with E-state index in [1.54, 1.807) is 0 Å². The van der Waals surface area contributed by atoms with Gasteiger partial charge in [0.05, 0.1) is 0 Å². The predicted octanol–water partition coefficient (Wildman–Crippen LogP) is 3.16. The van der Waals surface area contributed by atoms with Gasteiger partial charge in [0.2, 0.25) is 5.91 Å². The van der Waals surface area contributed by atoms with Crippen molar-refractivity contribution in [2.75, 3.05) is 6.54 Å². The van der Waals surface area contributed by atoms with Gasteiger partial charge in [-0.1, -0.05) is 96.8 Å². The first-order valence-corrected chi connectivity index (χ1v) is 12.6. The van der Waals surface area contributed by atoms with Crippen LogP contribution >= 0.6 is 0 Å². The Kier molecular flexibility index (Phi) is 16.2. The highest BCUT2D eigenvalue weighted by atomic mass is 16.6. The van der Waals surface area contributed by atoms with Crippen molar-refractivity contribution >= 4 is 5.91 Å². The molecule has 31 heavy (non-hydrogen) atoms. The molecule has 1 saturated heterocycles. The van der Waals surface area contributed by atoms with E-state index in [4.69, 9.17) is 4.74 Å². The number of hydrogen-bond donors (Lipinski definition) is 5. The Morgan fingerprint density at radius 2 is 1.13 bits per heavy atom. The molecule has 0 saturated carbocycles. The van der Waals surface area contributed by atoms with Gasteiger partial charge in [0.25, 0.3) is 0 Å². The molecule has 1 aliphatic heterocycles. The summed E-state index contributed by atoms with van der Waals surface area (Å²) in [5, 5.41) is 41.1. The quantitative estimate of drug-likeness (QED) is 0.207. The van der Waals surface area contributed by atoms with E-state index in [0.29, 0.717) is 6.42 Å². The fraction of sp³-hybridized carbons (Fsp3) is 0.958. The molecule has 0 radical (unpaired) electrons. The van der Waals surface area contributed by atoms with Gasteiger partial charge in [0.15, 0.2) is 6.29 Å². The highest BCUT2D eigenvalue weighted by Crippen LogP contribution is 2.19. The molecule has 0 bridgehead atoms. The van der Waals surface area contributed by atoms with Crippen molar-refractivity contribution in [1.29, 1.82) is 0 Å². The minimum absolute atomic E-state index is 0.0143. The Morgan fingerprint density at radius 1 is 0.677 bits per heavy atom. The lowest BCUT2D eigenvalue weighted by atomic mass is 9.99. The van der Waals surface area contributed by atoms with E-state index in [1.807, 2.05) is 0 Å². The van der Waals surface area contributed by atoms with E-state index in [2.05, 4.69) is 12.2 Å². The molecule has 1 fully saturated rings. The molecule has 0 aromatic heterocycles. The van der Waals surface area contributed by atoms with Gasteiger partial charge in [0, 0.05) is 13.0 Å². The standard InChI is InChI=1S/C24H47NO6/c1-2-3-4-5-6-7-8-9-10-11-12-13-14-15-16-17-20(26)25-18-19-21(27)22(28)23(29)24(30)31-19/h19,21-24,27-30H,2-18H2,1H3,(H,25,26)/t19-,21+,22+,23-,24?/m1/s1. The predicted molar refractivity (Wildman–Crippen MR) is 121 cm³/mol. The number of nitrogens with one attached hydrogen (secondary N) is 1. The summed E-state index contributed by atoms with van der Waals surface area (Å²) in [6.07, 6.45) is 12.6. The summed E-state index contributed by atoms with van der Waals surface area (Å²) in [6, 6.07) is 0. The van der Waals surface area contributed by atoms with Gasteiger partial charge in [-0.3, -0.25) is 4.79 Å². The van der Waals surface area contributed by atoms with Gasteiger partial charge in [-0.2, -0.15) is 0 Å². The maximum Gasteiger partial charge on any atom is 0.220 e. The molecule has 0 aliphatic carbocycles. The molecule has 1 heterocycles. The Bertz CT molecular complexity index is 450. The topological polar surface area (TPSA) is 119 Å². The van der Waals surface area contributed by atoms with E-state index < -0.39 is 30.7 Å². The highest BCUT2D eigenvalue weighted by Gasteiger charge is 2.42. The zero-order valence-corrected chi connectivity index (χ0v) is 19.5. The lowest BCUT2D eigenvalue weighted by molar-refractivity contribution is -0.280. The third-order valence-electron chi connectivity index (χ3n) is 6.19. The first kappa shape index (κ1) is 28.3. The molecule has 184 valence electrons. The van der Waals surface area contributed by atoms with Crippen LogP contribution < -0.4 is 5.32 Å². The lowest BCUT2D eigenvalue weighted by Crippen LogP contribution is -2.59. The van der Waals surface area contributed by atoms with Crippen LogP contribution in [0.5, 0.6) is 0 Å². The molecule has 1 unspecified atom stereocenters. The molecule has 5 N–H and O–H groups in total. The fourth-order valence-corrected chi connectivity index (χ4v) is 4.06. The van der Waals surface area contributed by atoms with Crippen molar-refractivity contribution in [1.82, 2.24) is 5.32 Å². The number of aliphatic hydroxyl groups is 4. The summed E-state index contributed by atoms with van der Waals surface area (Å²) in [5.41, 5.74) is 0. The van der Waals surface area contributed by atoms with Crippen LogP contribution in [0.1, 0.15) is 110 Å². The first-order valence-electron chi connectivity index (χ1n) is 12.6. The van der Waals surface area contributed by atoms with Gasteiger partial charge >= 0.3 is 0 Å². The SMILES string of the molecule is CCCCCCCCCCCCCCCCCC(=O)NC[C@H]1OC(O)[C@H](O)[C@@H](O)[C@H]1O. The minimum Gasteiger partial charge on any atom is -0.388 e. The summed E-state index contributed by atoms with van der Waals surface area (Å²) in [6.45, 7) is 2.24. The summed E-state index contributed by atoms with van der Waals surface area (Å²) in [4.78, 5) is 11.9. The lowest BCUT2D eigenvalue weighted by Gasteiger charge is -2.38. The second-order valence-corrected chi connectivity index (χ2v) is 9.04. The summed E-state index contributed by atoms with van der Waals surface area (Å²) in [5.74, 6) is -0.138. The molecule has 1 aliphatic rings. The van der Waals surface area contributed by atoms with Crippen molar-refractivity contribution in [3.63, 3.8) is 0 Å². The Morgan fingerprint density at radius 3 is 1.61 bits per heavy atom. The molecule has 5 atom stereocenters. The molecule has 1 rings (SSSR count). The number of carbonyl (C=O) groups is 1. The third kappa shape index (κ3) is 12.8. The second-order valence-electron chi connectivity index (χ2n) is 9.04. The zero-order chi connectivity index (χ0) is 22.9. The van der Waals surface area contributed by atoms with Crippen molar-refractivity contribution < 1.29 is 30.0 Å². The molecule has 1 amide bonds. The Hall–Kier alpha value is -0.730. The second kappa shape index (κ2) is 17.8. The number of carbonyl (C=O) groups excluding carboxylic acids is 1. The van der Waals surface area contributed by atoms with Crippen LogP contribution in [0.4, 0.5) is 0 Å². The van der Waals surface area contributed by atoms with E-state index in [-0.39, 0.29) is 12.5 Å². The van der Waals surface area contributed by atoms with E-state index >= 15 is 0 Å². The summed E-state index contributed by atoms with van der Waals surface area (Å²) in [7, 11) is 0. The third-order valence-corrected chi connectivity index (χ3v) is 6.19. The van der Waals surface area contributed by atoms with Crippen molar-refractivity contribution in [3.05, 3.63) is 0 Å². The van der Waals surface area contributed by atoms with E-state index in [9.17, 15) is 25.2 Å². The molecule has 7 nitrogen and oxygen atoms in total. The molecule has 0 aromatic rings. The average molecular weight is 446 g/mol. The molecule has 7 heteroatoms. The first-order chi connectivity index (χ1) is 15.0. The normalized spacial score (nSPS) is 26.2. The summed E-state index contributed by atoms with van der Waals surface area (Å²) >= 11 is 0. The van der Waals surface area contributed by atoms with Gasteiger partial charge in [-0.25, -0.2) is 0 Å². The number of rotatable bonds is 18. The maximum absolute atomic E-state index is 11.9. The highest BCUT2D eigenvalue weighted by molar-refractivity contribution is 5.75. The van der Waals surface area contributed by atoms with Crippen LogP contribution in [0.25, 0.3) is 0 Å². The van der Waals surface area contributed by atoms with Crippen molar-refractivity contribution in [2.45, 2.75) is 140 Å². The van der Waals surface area contributed by atoms with Crippen LogP contribution in [0, 0.1) is 0 Å². The molecule has 0 aromatic carbocycles. The molecular formula is C24H47NO6. The Balaban J connectivity index is 1.89. The van der Waals surface area contributed by atoms with Gasteiger partial charge < -0.3 is 30.5 Å². The van der Waals surface area contributed by atoms with Crippen LogP contribution in [0.2, 0.25) is 0 Å². The van der Waals surface area contributed by atoms with Gasteiger partial charge in [-0.05, 0) is 6.42 Å². The van der Waals surface area contributed by atoms with Crippen LogP contribution in [-0.2, 0) is 9.53 Å². The number of unbranched alkanes of at least 4 members (excludes halogenated alkanes) is 14. The minimum atomic E-state index is -1.57. The van der Waals surface area contributed by atoms with Crippen molar-refractivity contribution in [3.8, 4) is 0 Å². The van der Waals surface area contributed by atoms with Crippen LogP contribution in [-0.4, -0.2) is 63.6 Å². The smallest absolute Gasteiger partial charge is 0.220 e. The largest absolute Gasteiger partial charge is 0.388 e. The monoisotopic (exact) mass is 445 g/mol. The average Bonchev–Trinajstić information content (AvgIpc) is 2.76. The zero-order valence-electron chi connectivity index (χ0n) is 19.5. The number of ether oxygens (including phenoxy) is 1. The maximum atomic E-state index is 11.9. The van der Waals surface area contributed by atoms with Crippen LogP contribution in [0.3, 0.4) is 0 Å². The van der Waals surface area contributed by atoms with Crippen LogP contribution in [0.15, 0.2) is 0 Å². The number of aliphatic hydroxyl groups excluding tert-OH is 4. The summed E-state index contributed by atoms with van der Waals surface area (Å²) < 4.78 is 5.04. The van der Waals surface area contributed by atoms with E-state index in [1.165, 1.54) is 77.0 Å². The molecular weight excluding hydrogens is 398 g/mol. The van der Waals surface area contributed by atoms with E-state index in [0.717, 1.165) is 19.3 Å². The number of hydrogen-bond acceptors (Lipinski definition) is 6. The fourth-order valence-electron chi connectivity index (χ4n) is 4.06. The molecule has 0 spiro atoms. The number of amides is 1. The van der Waals surface area contributed by atoms with Crippen molar-refractivity contribution in [2.24, 2.45) is 0 Å². The van der Waals surface area contributed by atoms with Gasteiger partial charge in [0.1, 0.15) is 24.4 Å².